The lowest BCUT2D eigenvalue weighted by atomic mass is 9.98. The van der Waals surface area contributed by atoms with E-state index < -0.39 is 17.8 Å². The molecule has 1 aliphatic heterocycles. The molecule has 0 unspecified atom stereocenters. The summed E-state index contributed by atoms with van der Waals surface area (Å²) in [5.41, 5.74) is 2.85. The van der Waals surface area contributed by atoms with Gasteiger partial charge in [0.15, 0.2) is 0 Å². The highest BCUT2D eigenvalue weighted by molar-refractivity contribution is 6.30. The first kappa shape index (κ1) is 22.0. The fourth-order valence-electron chi connectivity index (χ4n) is 4.17. The second-order valence-corrected chi connectivity index (χ2v) is 8.25. The van der Waals surface area contributed by atoms with Gasteiger partial charge in [-0.2, -0.15) is 5.10 Å². The van der Waals surface area contributed by atoms with Gasteiger partial charge >= 0.3 is 0 Å². The highest BCUT2D eigenvalue weighted by Crippen LogP contribution is 2.39. The third-order valence-electron chi connectivity index (χ3n) is 5.78. The first-order chi connectivity index (χ1) is 16.6. The van der Waals surface area contributed by atoms with Crippen LogP contribution in [0, 0.1) is 5.82 Å². The summed E-state index contributed by atoms with van der Waals surface area (Å²) in [6, 6.07) is 22.5. The lowest BCUT2D eigenvalue weighted by molar-refractivity contribution is 0.0706. The van der Waals surface area contributed by atoms with Crippen LogP contribution in [0.3, 0.4) is 0 Å². The van der Waals surface area contributed by atoms with Crippen LogP contribution in [0.2, 0.25) is 5.15 Å². The number of nitrogens with zero attached hydrogens (tertiary/aromatic N) is 3. The summed E-state index contributed by atoms with van der Waals surface area (Å²) in [5.74, 6) is -0.493. The molecule has 170 valence electrons. The largest absolute Gasteiger partial charge is 0.492 e. The van der Waals surface area contributed by atoms with Crippen molar-refractivity contribution < 1.29 is 13.9 Å². The molecule has 0 aliphatic carbocycles. The van der Waals surface area contributed by atoms with E-state index in [0.717, 1.165) is 16.7 Å². The maximum atomic E-state index is 14.5. The van der Waals surface area contributed by atoms with Gasteiger partial charge in [-0.15, -0.1) is 0 Å². The van der Waals surface area contributed by atoms with Gasteiger partial charge in [-0.05, 0) is 36.8 Å². The minimum Gasteiger partial charge on any atom is -0.492 e. The summed E-state index contributed by atoms with van der Waals surface area (Å²) in [4.78, 5) is 18.0. The molecule has 4 aromatic rings. The normalized spacial score (nSPS) is 15.4. The van der Waals surface area contributed by atoms with Crippen LogP contribution in [0.5, 0.6) is 5.75 Å². The van der Waals surface area contributed by atoms with Crippen LogP contribution in [-0.2, 0) is 0 Å². The maximum Gasteiger partial charge on any atom is 0.277 e. The van der Waals surface area contributed by atoms with E-state index in [1.807, 2.05) is 61.5 Å². The summed E-state index contributed by atoms with van der Waals surface area (Å²) in [7, 11) is 0. The second-order valence-electron chi connectivity index (χ2n) is 7.89. The van der Waals surface area contributed by atoms with Gasteiger partial charge in [0, 0.05) is 17.4 Å². The van der Waals surface area contributed by atoms with Crippen molar-refractivity contribution >= 4 is 34.1 Å². The Labute approximate surface area is 201 Å². The number of aromatic nitrogens is 1. The Morgan fingerprint density at radius 3 is 2.62 bits per heavy atom. The van der Waals surface area contributed by atoms with Gasteiger partial charge in [-0.1, -0.05) is 66.2 Å². The number of hydrogen-bond donors (Lipinski definition) is 0. The molecule has 5 nitrogen and oxygen atoms in total. The Kier molecular flexibility index (Phi) is 5.99. The van der Waals surface area contributed by atoms with E-state index in [1.165, 1.54) is 17.1 Å². The molecule has 5 rings (SSSR count). The predicted octanol–water partition coefficient (Wildman–Crippen LogP) is 6.42. The third-order valence-corrected chi connectivity index (χ3v) is 6.08. The molecule has 1 amide bonds. The second kappa shape index (κ2) is 9.23. The summed E-state index contributed by atoms with van der Waals surface area (Å²) in [5, 5.41) is 7.03. The van der Waals surface area contributed by atoms with Crippen molar-refractivity contribution in [3.05, 3.63) is 107 Å². The highest BCUT2D eigenvalue weighted by Gasteiger charge is 2.36. The Hall–Kier alpha value is -3.77. The smallest absolute Gasteiger partial charge is 0.277 e. The van der Waals surface area contributed by atoms with E-state index in [1.54, 1.807) is 12.1 Å². The zero-order valence-corrected chi connectivity index (χ0v) is 19.2. The minimum absolute atomic E-state index is 0.0472. The maximum absolute atomic E-state index is 14.5. The van der Waals surface area contributed by atoms with E-state index in [4.69, 9.17) is 16.3 Å². The number of hydrazone groups is 1. The number of pyridine rings is 1. The number of para-hydroxylation sites is 1. The van der Waals surface area contributed by atoms with E-state index in [2.05, 4.69) is 10.1 Å². The molecule has 0 N–H and O–H groups in total. The number of amides is 1. The quantitative estimate of drug-likeness (QED) is 0.314. The van der Waals surface area contributed by atoms with Crippen molar-refractivity contribution in [3.63, 3.8) is 0 Å². The zero-order valence-electron chi connectivity index (χ0n) is 18.4. The monoisotopic (exact) mass is 473 g/mol. The topological polar surface area (TPSA) is 54.8 Å². The minimum atomic E-state index is -0.598. The van der Waals surface area contributed by atoms with Crippen molar-refractivity contribution in [1.29, 1.82) is 0 Å². The van der Waals surface area contributed by atoms with Crippen LogP contribution in [0.1, 0.15) is 40.9 Å². The summed E-state index contributed by atoms with van der Waals surface area (Å²) < 4.78 is 20.2. The molecule has 7 heteroatoms. The molecule has 1 aliphatic rings. The number of carbonyl (C=O) groups excluding carboxylic acids is 1. The molecule has 1 atom stereocenters. The third kappa shape index (κ3) is 4.01. The van der Waals surface area contributed by atoms with Crippen molar-refractivity contribution in [1.82, 2.24) is 9.99 Å². The van der Waals surface area contributed by atoms with Gasteiger partial charge in [0.25, 0.3) is 5.91 Å². The van der Waals surface area contributed by atoms with Gasteiger partial charge in [0.05, 0.1) is 23.9 Å². The standard InChI is InChI=1S/C27H21ClFN3O2/c1-2-34-24-14-8-11-18-15-20(26(28)30-25(18)24)23-16-22(17-9-4-3-5-10-17)31-32(23)27(33)19-12-6-7-13-21(19)29/h3-15,23H,2,16H2,1H3/t23-/m0/s1. The summed E-state index contributed by atoms with van der Waals surface area (Å²) in [6.07, 6.45) is 0.419. The molecular weight excluding hydrogens is 453 g/mol. The molecule has 0 radical (unpaired) electrons. The molecule has 0 spiro atoms. The Balaban J connectivity index is 1.61. The van der Waals surface area contributed by atoms with Crippen LogP contribution >= 0.6 is 11.6 Å². The van der Waals surface area contributed by atoms with Gasteiger partial charge in [-0.3, -0.25) is 4.79 Å². The van der Waals surface area contributed by atoms with Crippen LogP contribution < -0.4 is 4.74 Å². The van der Waals surface area contributed by atoms with Crippen molar-refractivity contribution in [3.8, 4) is 5.75 Å². The average Bonchev–Trinajstić information content (AvgIpc) is 3.30. The number of fused-ring (bicyclic) bond motifs is 1. The molecule has 2 heterocycles. The lowest BCUT2D eigenvalue weighted by Crippen LogP contribution is -2.28. The molecule has 3 aromatic carbocycles. The lowest BCUT2D eigenvalue weighted by Gasteiger charge is -2.23. The molecule has 1 aromatic heterocycles. The Bertz CT molecular complexity index is 1410. The first-order valence-corrected chi connectivity index (χ1v) is 11.4. The van der Waals surface area contributed by atoms with Gasteiger partial charge in [0.2, 0.25) is 0 Å². The summed E-state index contributed by atoms with van der Waals surface area (Å²) in [6.45, 7) is 2.41. The van der Waals surface area contributed by atoms with Crippen molar-refractivity contribution in [2.75, 3.05) is 6.61 Å². The van der Waals surface area contributed by atoms with E-state index in [0.29, 0.717) is 29.9 Å². The molecule has 0 saturated heterocycles. The molecule has 0 bridgehead atoms. The van der Waals surface area contributed by atoms with E-state index in [-0.39, 0.29) is 10.7 Å². The van der Waals surface area contributed by atoms with Gasteiger partial charge in [-0.25, -0.2) is 14.4 Å². The van der Waals surface area contributed by atoms with Crippen molar-refractivity contribution in [2.24, 2.45) is 5.10 Å². The number of ether oxygens (including phenoxy) is 1. The number of rotatable bonds is 5. The fraction of sp³-hybridized carbons (Fsp3) is 0.148. The molecular formula is C27H21ClFN3O2. The number of halogens is 2. The van der Waals surface area contributed by atoms with E-state index >= 15 is 0 Å². The zero-order chi connectivity index (χ0) is 23.7. The van der Waals surface area contributed by atoms with Gasteiger partial charge < -0.3 is 4.74 Å². The Morgan fingerprint density at radius 1 is 1.09 bits per heavy atom. The average molecular weight is 474 g/mol. The number of benzene rings is 3. The first-order valence-electron chi connectivity index (χ1n) is 11.0. The number of hydrogen-bond acceptors (Lipinski definition) is 4. The number of carbonyl (C=O) groups is 1. The highest BCUT2D eigenvalue weighted by atomic mass is 35.5. The van der Waals surface area contributed by atoms with Crippen LogP contribution in [0.4, 0.5) is 4.39 Å². The van der Waals surface area contributed by atoms with Crippen molar-refractivity contribution in [2.45, 2.75) is 19.4 Å². The fourth-order valence-corrected chi connectivity index (χ4v) is 4.44. The van der Waals surface area contributed by atoms with E-state index in [9.17, 15) is 9.18 Å². The van der Waals surface area contributed by atoms with Gasteiger partial charge in [0.1, 0.15) is 22.2 Å². The molecule has 0 fully saturated rings. The SMILES string of the molecule is CCOc1cccc2cc([C@@H]3CC(c4ccccc4)=NN3C(=O)c3ccccc3F)c(Cl)nc12. The van der Waals surface area contributed by atoms with Crippen LogP contribution in [0.15, 0.2) is 84.0 Å². The van der Waals surface area contributed by atoms with Crippen LogP contribution in [0.25, 0.3) is 10.9 Å². The summed E-state index contributed by atoms with van der Waals surface area (Å²) >= 11 is 6.67. The molecule has 0 saturated carbocycles. The predicted molar refractivity (Wildman–Crippen MR) is 131 cm³/mol. The Morgan fingerprint density at radius 2 is 1.85 bits per heavy atom. The van der Waals surface area contributed by atoms with Crippen LogP contribution in [-0.4, -0.2) is 28.2 Å². The molecule has 34 heavy (non-hydrogen) atoms.